The summed E-state index contributed by atoms with van der Waals surface area (Å²) < 4.78 is 14.1. The van der Waals surface area contributed by atoms with E-state index in [4.69, 9.17) is 0 Å². The molecule has 4 heteroatoms. The van der Waals surface area contributed by atoms with Gasteiger partial charge in [-0.15, -0.1) is 0 Å². The topological polar surface area (TPSA) is 9.72 Å². The molecule has 2 aliphatic rings. The largest absolute Gasteiger partial charge is 0.367 e. The van der Waals surface area contributed by atoms with Crippen LogP contribution in [0.25, 0.3) is 6.08 Å². The van der Waals surface area contributed by atoms with Crippen molar-refractivity contribution in [3.63, 3.8) is 0 Å². The van der Waals surface area contributed by atoms with Gasteiger partial charge in [-0.25, -0.2) is 4.39 Å². The summed E-state index contributed by atoms with van der Waals surface area (Å²) in [6.07, 6.45) is 4.84. The predicted octanol–water partition coefficient (Wildman–Crippen LogP) is 4.52. The molecule has 2 saturated heterocycles. The third-order valence-electron chi connectivity index (χ3n) is 6.19. The Labute approximate surface area is 174 Å². The van der Waals surface area contributed by atoms with Crippen LogP contribution < -0.4 is 4.90 Å². The summed E-state index contributed by atoms with van der Waals surface area (Å²) in [5.41, 5.74) is 3.45. The highest BCUT2D eigenvalue weighted by molar-refractivity contribution is 5.52. The van der Waals surface area contributed by atoms with E-state index in [-0.39, 0.29) is 5.82 Å². The Kier molecular flexibility index (Phi) is 6.63. The van der Waals surface area contributed by atoms with E-state index in [0.717, 1.165) is 45.0 Å². The van der Waals surface area contributed by atoms with Crippen LogP contribution in [0, 0.1) is 5.82 Å². The van der Waals surface area contributed by atoms with Gasteiger partial charge >= 0.3 is 0 Å². The van der Waals surface area contributed by atoms with Crippen LogP contribution in [0.1, 0.15) is 25.3 Å². The van der Waals surface area contributed by atoms with Gasteiger partial charge in [-0.3, -0.25) is 9.80 Å². The smallest absolute Gasteiger partial charge is 0.146 e. The second-order valence-electron chi connectivity index (χ2n) is 8.41. The lowest BCUT2D eigenvalue weighted by Gasteiger charge is -2.44. The third-order valence-corrected chi connectivity index (χ3v) is 6.19. The molecule has 1 atom stereocenters. The fourth-order valence-corrected chi connectivity index (χ4v) is 4.74. The molecule has 154 valence electrons. The molecule has 0 saturated carbocycles. The molecule has 2 aliphatic heterocycles. The van der Waals surface area contributed by atoms with Crippen molar-refractivity contribution in [2.24, 2.45) is 0 Å². The van der Waals surface area contributed by atoms with Crippen molar-refractivity contribution in [1.82, 2.24) is 9.80 Å². The number of hydrogen-bond donors (Lipinski definition) is 0. The number of likely N-dealkylation sites (tertiary alicyclic amines) is 1. The Balaban J connectivity index is 1.30. The lowest BCUT2D eigenvalue weighted by molar-refractivity contribution is 0.0977. The number of hydrogen-bond acceptors (Lipinski definition) is 3. The van der Waals surface area contributed by atoms with Crippen LogP contribution in [0.4, 0.5) is 10.1 Å². The molecule has 0 spiro atoms. The summed E-state index contributed by atoms with van der Waals surface area (Å²) in [5.74, 6) is -0.106. The highest BCUT2D eigenvalue weighted by Gasteiger charge is 2.28. The van der Waals surface area contributed by atoms with E-state index in [9.17, 15) is 4.39 Å². The van der Waals surface area contributed by atoms with E-state index in [1.807, 2.05) is 12.1 Å². The van der Waals surface area contributed by atoms with E-state index in [1.54, 1.807) is 12.1 Å². The second-order valence-corrected chi connectivity index (χ2v) is 8.41. The zero-order valence-electron chi connectivity index (χ0n) is 17.4. The van der Waals surface area contributed by atoms with E-state index >= 15 is 0 Å². The standard InChI is InChI=1S/C25H32FN3/c1-21(18-22-8-3-2-4-9-22)19-27-13-7-10-23(20-27)28-14-16-29(17-15-28)25-12-6-5-11-24(25)26/h2-6,8-9,11-12,18,23H,7,10,13-17,19-20H2,1H3/b21-18+/t23-/m1/s1. The maximum absolute atomic E-state index is 14.1. The first-order chi connectivity index (χ1) is 14.2. The van der Waals surface area contributed by atoms with Crippen molar-refractivity contribution in [2.45, 2.75) is 25.8 Å². The Morgan fingerprint density at radius 1 is 0.966 bits per heavy atom. The number of nitrogens with zero attached hydrogens (tertiary/aromatic N) is 3. The molecule has 2 aromatic carbocycles. The monoisotopic (exact) mass is 393 g/mol. The maximum Gasteiger partial charge on any atom is 0.146 e. The van der Waals surface area contributed by atoms with Crippen molar-refractivity contribution in [3.8, 4) is 0 Å². The van der Waals surface area contributed by atoms with E-state index in [1.165, 1.54) is 30.5 Å². The van der Waals surface area contributed by atoms with Crippen LogP contribution in [-0.2, 0) is 0 Å². The number of para-hydroxylation sites is 1. The van der Waals surface area contributed by atoms with Crippen LogP contribution in [-0.4, -0.2) is 61.7 Å². The number of anilines is 1. The number of piperidine rings is 1. The van der Waals surface area contributed by atoms with E-state index in [2.05, 4.69) is 58.0 Å². The zero-order chi connectivity index (χ0) is 20.1. The molecule has 29 heavy (non-hydrogen) atoms. The Morgan fingerprint density at radius 2 is 1.69 bits per heavy atom. The molecular weight excluding hydrogens is 361 g/mol. The van der Waals surface area contributed by atoms with Crippen molar-refractivity contribution in [3.05, 3.63) is 71.6 Å². The third kappa shape index (κ3) is 5.26. The molecule has 0 amide bonds. The average Bonchev–Trinajstić information content (AvgIpc) is 2.75. The highest BCUT2D eigenvalue weighted by Crippen LogP contribution is 2.23. The van der Waals surface area contributed by atoms with Gasteiger partial charge in [-0.05, 0) is 44.0 Å². The molecule has 2 aromatic rings. The van der Waals surface area contributed by atoms with Gasteiger partial charge in [0, 0.05) is 45.3 Å². The molecule has 3 nitrogen and oxygen atoms in total. The summed E-state index contributed by atoms with van der Waals surface area (Å²) >= 11 is 0. The van der Waals surface area contributed by atoms with Gasteiger partial charge in [-0.1, -0.05) is 54.1 Å². The SMILES string of the molecule is C/C(=C\c1ccccc1)CN1CCC[C@@H](N2CCN(c3ccccc3F)CC2)C1. The molecule has 0 radical (unpaired) electrons. The normalized spacial score (nSPS) is 22.1. The quantitative estimate of drug-likeness (QED) is 0.740. The minimum atomic E-state index is -0.106. The number of rotatable bonds is 5. The second kappa shape index (κ2) is 9.55. The molecule has 0 aromatic heterocycles. The Bertz CT molecular complexity index is 812. The molecular formula is C25H32FN3. The lowest BCUT2D eigenvalue weighted by atomic mass is 10.0. The van der Waals surface area contributed by atoms with Crippen LogP contribution in [0.3, 0.4) is 0 Å². The summed E-state index contributed by atoms with van der Waals surface area (Å²) in [5, 5.41) is 0. The molecule has 0 unspecified atom stereocenters. The van der Waals surface area contributed by atoms with Crippen molar-refractivity contribution in [1.29, 1.82) is 0 Å². The molecule has 2 heterocycles. The summed E-state index contributed by atoms with van der Waals surface area (Å²) in [4.78, 5) is 7.42. The van der Waals surface area contributed by atoms with E-state index in [0.29, 0.717) is 6.04 Å². The molecule has 2 fully saturated rings. The Morgan fingerprint density at radius 3 is 2.45 bits per heavy atom. The van der Waals surface area contributed by atoms with Crippen molar-refractivity contribution >= 4 is 11.8 Å². The average molecular weight is 394 g/mol. The van der Waals surface area contributed by atoms with Crippen molar-refractivity contribution in [2.75, 3.05) is 50.7 Å². The summed E-state index contributed by atoms with van der Waals surface area (Å²) in [6, 6.07) is 18.4. The van der Waals surface area contributed by atoms with E-state index < -0.39 is 0 Å². The number of halogens is 1. The first kappa shape index (κ1) is 20.1. The van der Waals surface area contributed by atoms with Crippen LogP contribution in [0.5, 0.6) is 0 Å². The zero-order valence-corrected chi connectivity index (χ0v) is 17.4. The van der Waals surface area contributed by atoms with Crippen LogP contribution in [0.15, 0.2) is 60.2 Å². The first-order valence-corrected chi connectivity index (χ1v) is 10.9. The van der Waals surface area contributed by atoms with Gasteiger partial charge < -0.3 is 4.90 Å². The van der Waals surface area contributed by atoms with Gasteiger partial charge in [0.2, 0.25) is 0 Å². The van der Waals surface area contributed by atoms with Crippen molar-refractivity contribution < 1.29 is 4.39 Å². The fraction of sp³-hybridized carbons (Fsp3) is 0.440. The van der Waals surface area contributed by atoms with Crippen LogP contribution >= 0.6 is 0 Å². The lowest BCUT2D eigenvalue weighted by Crippen LogP contribution is -2.55. The first-order valence-electron chi connectivity index (χ1n) is 10.9. The maximum atomic E-state index is 14.1. The van der Waals surface area contributed by atoms with Gasteiger partial charge in [0.1, 0.15) is 5.82 Å². The summed E-state index contributed by atoms with van der Waals surface area (Å²) in [7, 11) is 0. The summed E-state index contributed by atoms with van der Waals surface area (Å²) in [6.45, 7) is 9.46. The van der Waals surface area contributed by atoms with Gasteiger partial charge in [0.15, 0.2) is 0 Å². The molecule has 0 aliphatic carbocycles. The predicted molar refractivity (Wildman–Crippen MR) is 120 cm³/mol. The minimum Gasteiger partial charge on any atom is -0.367 e. The Hall–Kier alpha value is -2.17. The van der Waals surface area contributed by atoms with Gasteiger partial charge in [-0.2, -0.15) is 0 Å². The number of piperazine rings is 1. The highest BCUT2D eigenvalue weighted by atomic mass is 19.1. The van der Waals surface area contributed by atoms with Gasteiger partial charge in [0.25, 0.3) is 0 Å². The molecule has 4 rings (SSSR count). The molecule has 0 bridgehead atoms. The fourth-order valence-electron chi connectivity index (χ4n) is 4.74. The number of benzene rings is 2. The van der Waals surface area contributed by atoms with Gasteiger partial charge in [0.05, 0.1) is 5.69 Å². The molecule has 0 N–H and O–H groups in total. The minimum absolute atomic E-state index is 0.106. The van der Waals surface area contributed by atoms with Crippen LogP contribution in [0.2, 0.25) is 0 Å².